The molecule has 0 saturated heterocycles. The highest BCUT2D eigenvalue weighted by Crippen LogP contribution is 2.23. The van der Waals surface area contributed by atoms with E-state index >= 15 is 0 Å². The molecule has 0 aliphatic carbocycles. The Morgan fingerprint density at radius 3 is 2.21 bits per heavy atom. The van der Waals surface area contributed by atoms with Crippen molar-refractivity contribution in [2.24, 2.45) is 0 Å². The summed E-state index contributed by atoms with van der Waals surface area (Å²) in [6.07, 6.45) is 0. The fourth-order valence-electron chi connectivity index (χ4n) is 2.48. The monoisotopic (exact) mass is 388 g/mol. The highest BCUT2D eigenvalue weighted by Gasteiger charge is 2.08. The number of carbonyl (C=O) groups excluding carboxylic acids is 1. The van der Waals surface area contributed by atoms with Crippen LogP contribution in [0.3, 0.4) is 0 Å². The van der Waals surface area contributed by atoms with Crippen LogP contribution in [-0.4, -0.2) is 25.7 Å². The predicted octanol–water partition coefficient (Wildman–Crippen LogP) is 4.03. The van der Waals surface area contributed by atoms with Crippen LogP contribution >= 0.6 is 0 Å². The van der Waals surface area contributed by atoms with Crippen LogP contribution in [0.15, 0.2) is 78.9 Å². The third-order valence-corrected chi connectivity index (χ3v) is 3.87. The van der Waals surface area contributed by atoms with Crippen LogP contribution < -0.4 is 19.5 Å². The van der Waals surface area contributed by atoms with Crippen molar-refractivity contribution in [2.75, 3.05) is 25.1 Å². The molecule has 146 valence electrons. The van der Waals surface area contributed by atoms with Gasteiger partial charge >= 0.3 is 0 Å². The number of rotatable bonds is 9. The Hall–Kier alpha value is -3.98. The molecule has 0 spiro atoms. The number of nitriles is 1. The minimum atomic E-state index is -0.279. The highest BCUT2D eigenvalue weighted by atomic mass is 16.5. The lowest BCUT2D eigenvalue weighted by molar-refractivity contribution is -0.118. The first kappa shape index (κ1) is 19.8. The number of nitrogens with zero attached hydrogens (tertiary/aromatic N) is 1. The molecule has 3 aromatic rings. The number of hydrogen-bond acceptors (Lipinski definition) is 5. The van der Waals surface area contributed by atoms with Gasteiger partial charge in [-0.25, -0.2) is 0 Å². The molecule has 0 aliphatic rings. The summed E-state index contributed by atoms with van der Waals surface area (Å²) in [4.78, 5) is 12.2. The van der Waals surface area contributed by atoms with Crippen LogP contribution in [-0.2, 0) is 4.79 Å². The zero-order chi connectivity index (χ0) is 20.3. The Bertz CT molecular complexity index is 966. The second-order valence-electron chi connectivity index (χ2n) is 5.98. The van der Waals surface area contributed by atoms with Gasteiger partial charge in [-0.05, 0) is 48.5 Å². The third kappa shape index (κ3) is 6.29. The minimum absolute atomic E-state index is 0.0971. The first-order chi connectivity index (χ1) is 14.2. The van der Waals surface area contributed by atoms with E-state index < -0.39 is 0 Å². The summed E-state index contributed by atoms with van der Waals surface area (Å²) in [7, 11) is 0. The molecule has 0 heterocycles. The van der Waals surface area contributed by atoms with Crippen LogP contribution in [0.2, 0.25) is 0 Å². The summed E-state index contributed by atoms with van der Waals surface area (Å²) in [6, 6.07) is 25.2. The fourth-order valence-corrected chi connectivity index (χ4v) is 2.48. The quantitative estimate of drug-likeness (QED) is 0.560. The number of nitrogens with one attached hydrogen (secondary N) is 1. The standard InChI is InChI=1S/C23H20N2O4/c24-16-18-10-12-20(13-11-18)27-14-15-28-22-9-5-4-8-21(22)25-23(26)17-29-19-6-2-1-3-7-19/h1-13H,14-15,17H2,(H,25,26). The molecule has 0 radical (unpaired) electrons. The normalized spacial score (nSPS) is 9.90. The van der Waals surface area contributed by atoms with Gasteiger partial charge in [0.1, 0.15) is 30.5 Å². The summed E-state index contributed by atoms with van der Waals surface area (Å²) in [5, 5.41) is 11.6. The molecular weight excluding hydrogens is 368 g/mol. The second-order valence-corrected chi connectivity index (χ2v) is 5.98. The van der Waals surface area contributed by atoms with Crippen LogP contribution in [0.1, 0.15) is 5.56 Å². The molecule has 1 N–H and O–H groups in total. The Balaban J connectivity index is 1.46. The molecule has 6 heteroatoms. The summed E-state index contributed by atoms with van der Waals surface area (Å²) < 4.78 is 16.8. The van der Waals surface area contributed by atoms with E-state index in [4.69, 9.17) is 19.5 Å². The molecular formula is C23H20N2O4. The topological polar surface area (TPSA) is 80.6 Å². The lowest BCUT2D eigenvalue weighted by atomic mass is 10.2. The average molecular weight is 388 g/mol. The van der Waals surface area contributed by atoms with Gasteiger partial charge < -0.3 is 19.5 Å². The fraction of sp³-hybridized carbons (Fsp3) is 0.130. The molecule has 0 bridgehead atoms. The van der Waals surface area contributed by atoms with E-state index in [1.807, 2.05) is 30.3 Å². The maximum absolute atomic E-state index is 12.2. The molecule has 6 nitrogen and oxygen atoms in total. The van der Waals surface area contributed by atoms with Crippen LogP contribution in [0.25, 0.3) is 0 Å². The number of carbonyl (C=O) groups is 1. The summed E-state index contributed by atoms with van der Waals surface area (Å²) in [5.74, 6) is 1.56. The molecule has 0 saturated carbocycles. The van der Waals surface area contributed by atoms with Gasteiger partial charge in [-0.15, -0.1) is 0 Å². The van der Waals surface area contributed by atoms with E-state index in [1.165, 1.54) is 0 Å². The van der Waals surface area contributed by atoms with E-state index in [0.29, 0.717) is 41.7 Å². The van der Waals surface area contributed by atoms with Gasteiger partial charge in [0.05, 0.1) is 17.3 Å². The van der Waals surface area contributed by atoms with Crippen LogP contribution in [0, 0.1) is 11.3 Å². The van der Waals surface area contributed by atoms with Gasteiger partial charge in [0.15, 0.2) is 6.61 Å². The van der Waals surface area contributed by atoms with Crippen molar-refractivity contribution in [2.45, 2.75) is 0 Å². The zero-order valence-electron chi connectivity index (χ0n) is 15.7. The average Bonchev–Trinajstić information content (AvgIpc) is 2.77. The van der Waals surface area contributed by atoms with Gasteiger partial charge in [0, 0.05) is 0 Å². The first-order valence-corrected chi connectivity index (χ1v) is 9.07. The van der Waals surface area contributed by atoms with Crippen molar-refractivity contribution in [3.63, 3.8) is 0 Å². The highest BCUT2D eigenvalue weighted by molar-refractivity contribution is 5.93. The van der Waals surface area contributed by atoms with E-state index in [9.17, 15) is 4.79 Å². The molecule has 0 unspecified atom stereocenters. The number of benzene rings is 3. The Morgan fingerprint density at radius 1 is 0.793 bits per heavy atom. The lowest BCUT2D eigenvalue weighted by Crippen LogP contribution is -2.21. The van der Waals surface area contributed by atoms with Crippen molar-refractivity contribution in [1.29, 1.82) is 5.26 Å². The summed E-state index contributed by atoms with van der Waals surface area (Å²) in [5.41, 5.74) is 1.14. The molecule has 0 aromatic heterocycles. The van der Waals surface area contributed by atoms with Gasteiger partial charge in [-0.2, -0.15) is 5.26 Å². The molecule has 0 aliphatic heterocycles. The van der Waals surface area contributed by atoms with Gasteiger partial charge in [0.25, 0.3) is 5.91 Å². The van der Waals surface area contributed by atoms with E-state index in [-0.39, 0.29) is 12.5 Å². The van der Waals surface area contributed by atoms with Gasteiger partial charge in [0.2, 0.25) is 0 Å². The Kier molecular flexibility index (Phi) is 7.08. The van der Waals surface area contributed by atoms with Crippen molar-refractivity contribution in [3.8, 4) is 23.3 Å². The van der Waals surface area contributed by atoms with E-state index in [0.717, 1.165) is 0 Å². The summed E-state index contributed by atoms with van der Waals surface area (Å²) in [6.45, 7) is 0.527. The second kappa shape index (κ2) is 10.4. The number of ether oxygens (including phenoxy) is 3. The van der Waals surface area contributed by atoms with E-state index in [2.05, 4.69) is 11.4 Å². The van der Waals surface area contributed by atoms with Crippen molar-refractivity contribution in [3.05, 3.63) is 84.4 Å². The minimum Gasteiger partial charge on any atom is -0.490 e. The Morgan fingerprint density at radius 2 is 1.45 bits per heavy atom. The molecule has 0 atom stereocenters. The maximum Gasteiger partial charge on any atom is 0.262 e. The predicted molar refractivity (Wildman–Crippen MR) is 109 cm³/mol. The van der Waals surface area contributed by atoms with Crippen LogP contribution in [0.5, 0.6) is 17.2 Å². The summed E-state index contributed by atoms with van der Waals surface area (Å²) >= 11 is 0. The Labute approximate surface area is 169 Å². The molecule has 0 fully saturated rings. The lowest BCUT2D eigenvalue weighted by Gasteiger charge is -2.13. The molecule has 29 heavy (non-hydrogen) atoms. The van der Waals surface area contributed by atoms with Gasteiger partial charge in [-0.1, -0.05) is 30.3 Å². The SMILES string of the molecule is N#Cc1ccc(OCCOc2ccccc2NC(=O)COc2ccccc2)cc1. The van der Waals surface area contributed by atoms with Gasteiger partial charge in [-0.3, -0.25) is 4.79 Å². The molecule has 3 aromatic carbocycles. The number of hydrogen-bond donors (Lipinski definition) is 1. The van der Waals surface area contributed by atoms with Crippen LogP contribution in [0.4, 0.5) is 5.69 Å². The maximum atomic E-state index is 12.2. The smallest absolute Gasteiger partial charge is 0.262 e. The van der Waals surface area contributed by atoms with Crippen molar-refractivity contribution >= 4 is 11.6 Å². The number of para-hydroxylation sites is 3. The molecule has 3 rings (SSSR count). The number of amides is 1. The van der Waals surface area contributed by atoms with Crippen molar-refractivity contribution < 1.29 is 19.0 Å². The third-order valence-electron chi connectivity index (χ3n) is 3.87. The first-order valence-electron chi connectivity index (χ1n) is 9.07. The largest absolute Gasteiger partial charge is 0.490 e. The van der Waals surface area contributed by atoms with E-state index in [1.54, 1.807) is 48.5 Å². The zero-order valence-corrected chi connectivity index (χ0v) is 15.7. The number of anilines is 1. The van der Waals surface area contributed by atoms with Crippen molar-refractivity contribution in [1.82, 2.24) is 0 Å². The molecule has 1 amide bonds.